The van der Waals surface area contributed by atoms with Crippen LogP contribution < -0.4 is 21.7 Å². The predicted octanol–water partition coefficient (Wildman–Crippen LogP) is -2.42. The molecule has 2 rings (SSSR count). The molecule has 0 spiro atoms. The van der Waals surface area contributed by atoms with Crippen LogP contribution in [0.2, 0.25) is 0 Å². The van der Waals surface area contributed by atoms with Crippen LogP contribution in [-0.2, 0) is 36.8 Å². The lowest BCUT2D eigenvalue weighted by atomic mass is 10.1. The maximum atomic E-state index is 13.0. The Morgan fingerprint density at radius 2 is 1.39 bits per heavy atom. The molecule has 0 radical (unpaired) electrons. The average Bonchev–Trinajstić information content (AvgIpc) is 3.53. The van der Waals surface area contributed by atoms with Crippen molar-refractivity contribution >= 4 is 42.3 Å². The largest absolute Gasteiger partial charge is 0.481 e. The van der Waals surface area contributed by atoms with Crippen molar-refractivity contribution < 1.29 is 34.2 Å². The monoisotopic (exact) mass is 524 g/mol. The number of amides is 3. The molecule has 196 valence electrons. The van der Waals surface area contributed by atoms with Crippen molar-refractivity contribution in [3.05, 3.63) is 36.4 Å². The molecule has 2 aromatic heterocycles. The summed E-state index contributed by atoms with van der Waals surface area (Å²) in [6.07, 6.45) is 5.10. The number of carbonyl (C=O) groups excluding carboxylic acids is 3. The van der Waals surface area contributed by atoms with Crippen molar-refractivity contribution in [2.45, 2.75) is 49.9 Å². The van der Waals surface area contributed by atoms with Crippen LogP contribution in [0.25, 0.3) is 0 Å². The topological polar surface area (TPSA) is 245 Å². The molecule has 0 fully saturated rings. The van der Waals surface area contributed by atoms with E-state index >= 15 is 0 Å². The molecule has 2 heterocycles. The van der Waals surface area contributed by atoms with Gasteiger partial charge in [-0.15, -0.1) is 0 Å². The average molecular weight is 525 g/mol. The zero-order valence-electron chi connectivity index (χ0n) is 19.0. The van der Waals surface area contributed by atoms with E-state index in [0.717, 1.165) is 0 Å². The Morgan fingerprint density at radius 3 is 1.89 bits per heavy atom. The second kappa shape index (κ2) is 13.8. The number of imidazole rings is 2. The van der Waals surface area contributed by atoms with Gasteiger partial charge < -0.3 is 41.9 Å². The van der Waals surface area contributed by atoms with Crippen LogP contribution in [0, 0.1) is 0 Å². The second-order valence-electron chi connectivity index (χ2n) is 7.81. The highest BCUT2D eigenvalue weighted by molar-refractivity contribution is 7.80. The summed E-state index contributed by atoms with van der Waals surface area (Å²) in [4.78, 5) is 73.8. The summed E-state index contributed by atoms with van der Waals surface area (Å²) in [5.74, 6) is -5.11. The normalized spacial score (nSPS) is 14.2. The third-order valence-electron chi connectivity index (χ3n) is 5.02. The van der Waals surface area contributed by atoms with Crippen molar-refractivity contribution in [2.24, 2.45) is 5.73 Å². The molecular formula is C20H28N8O7S. The third kappa shape index (κ3) is 9.03. The zero-order chi connectivity index (χ0) is 26.7. The quantitative estimate of drug-likeness (QED) is 0.112. The number of rotatable bonds is 15. The van der Waals surface area contributed by atoms with Crippen LogP contribution >= 0.6 is 12.6 Å². The summed E-state index contributed by atoms with van der Waals surface area (Å²) < 4.78 is 0. The highest BCUT2D eigenvalue weighted by atomic mass is 32.1. The van der Waals surface area contributed by atoms with Gasteiger partial charge >= 0.3 is 11.9 Å². The molecule has 3 amide bonds. The lowest BCUT2D eigenvalue weighted by Gasteiger charge is -2.24. The zero-order valence-corrected chi connectivity index (χ0v) is 19.9. The van der Waals surface area contributed by atoms with Crippen LogP contribution in [0.3, 0.4) is 0 Å². The summed E-state index contributed by atoms with van der Waals surface area (Å²) in [5, 5.41) is 25.2. The summed E-state index contributed by atoms with van der Waals surface area (Å²) in [5.41, 5.74) is 7.09. The first-order valence-corrected chi connectivity index (χ1v) is 11.4. The standard InChI is InChI=1S/C20H28N8O7S/c21-12(3-10-5-22-8-24-10)17(31)27-14(4-11-6-23-9-25-11)18(32)28-15(7-36)19(33)26-13(20(34)35)1-2-16(29)30/h5-6,8-9,12-15,36H,1-4,7,21H2,(H,22,24)(H,23,25)(H,26,33)(H,27,31)(H,28,32)(H,29,30)(H,34,35). The molecule has 0 aliphatic heterocycles. The van der Waals surface area contributed by atoms with Crippen LogP contribution in [0.15, 0.2) is 25.0 Å². The Kier molecular flexibility index (Phi) is 10.9. The molecule has 0 aliphatic carbocycles. The summed E-state index contributed by atoms with van der Waals surface area (Å²) in [6, 6.07) is -4.92. The van der Waals surface area contributed by atoms with Crippen LogP contribution in [0.1, 0.15) is 24.2 Å². The predicted molar refractivity (Wildman–Crippen MR) is 127 cm³/mol. The minimum absolute atomic E-state index is 0.00831. The number of carboxylic acids is 2. The Bertz CT molecular complexity index is 1030. The number of aromatic nitrogens is 4. The minimum Gasteiger partial charge on any atom is -0.481 e. The lowest BCUT2D eigenvalue weighted by Crippen LogP contribution is -2.58. The smallest absolute Gasteiger partial charge is 0.326 e. The number of nitrogens with one attached hydrogen (secondary N) is 5. The number of hydrogen-bond acceptors (Lipinski definition) is 9. The number of nitrogens with zero attached hydrogens (tertiary/aromatic N) is 2. The van der Waals surface area contributed by atoms with Gasteiger partial charge in [-0.3, -0.25) is 19.2 Å². The van der Waals surface area contributed by atoms with Gasteiger partial charge in [0.25, 0.3) is 0 Å². The summed E-state index contributed by atoms with van der Waals surface area (Å²) >= 11 is 4.05. The molecule has 0 saturated carbocycles. The fourth-order valence-corrected chi connectivity index (χ4v) is 3.35. The molecule has 0 aromatic carbocycles. The highest BCUT2D eigenvalue weighted by Crippen LogP contribution is 2.04. The third-order valence-corrected chi connectivity index (χ3v) is 5.39. The van der Waals surface area contributed by atoms with Gasteiger partial charge in [-0.2, -0.15) is 12.6 Å². The van der Waals surface area contributed by atoms with Crippen molar-refractivity contribution in [3.8, 4) is 0 Å². The molecule has 16 heteroatoms. The van der Waals surface area contributed by atoms with E-state index in [4.69, 9.17) is 10.8 Å². The molecule has 0 aliphatic rings. The van der Waals surface area contributed by atoms with Crippen molar-refractivity contribution in [2.75, 3.05) is 5.75 Å². The van der Waals surface area contributed by atoms with Gasteiger partial charge in [-0.05, 0) is 6.42 Å². The molecule has 0 bridgehead atoms. The highest BCUT2D eigenvalue weighted by Gasteiger charge is 2.30. The molecule has 2 aromatic rings. The first kappa shape index (κ1) is 28.3. The van der Waals surface area contributed by atoms with Gasteiger partial charge in [-0.1, -0.05) is 0 Å². The molecule has 15 nitrogen and oxygen atoms in total. The van der Waals surface area contributed by atoms with Crippen molar-refractivity contribution in [1.82, 2.24) is 35.9 Å². The van der Waals surface area contributed by atoms with Gasteiger partial charge in [0, 0.05) is 48.8 Å². The van der Waals surface area contributed by atoms with Gasteiger partial charge in [0.2, 0.25) is 17.7 Å². The Balaban J connectivity index is 2.07. The van der Waals surface area contributed by atoms with Gasteiger partial charge in [0.1, 0.15) is 18.1 Å². The van der Waals surface area contributed by atoms with E-state index < -0.39 is 60.2 Å². The second-order valence-corrected chi connectivity index (χ2v) is 8.17. The fourth-order valence-electron chi connectivity index (χ4n) is 3.09. The molecular weight excluding hydrogens is 496 g/mol. The molecule has 9 N–H and O–H groups in total. The van der Waals surface area contributed by atoms with E-state index in [9.17, 15) is 29.1 Å². The first-order chi connectivity index (χ1) is 17.1. The number of carbonyl (C=O) groups is 5. The van der Waals surface area contributed by atoms with E-state index in [2.05, 4.69) is 48.5 Å². The van der Waals surface area contributed by atoms with E-state index in [1.54, 1.807) is 0 Å². The maximum Gasteiger partial charge on any atom is 0.326 e. The molecule has 36 heavy (non-hydrogen) atoms. The van der Waals surface area contributed by atoms with Crippen LogP contribution in [0.5, 0.6) is 0 Å². The number of hydrogen-bond donors (Lipinski definition) is 9. The first-order valence-electron chi connectivity index (χ1n) is 10.8. The Hall–Kier alpha value is -3.92. The van der Waals surface area contributed by atoms with Gasteiger partial charge in [0.05, 0.1) is 18.7 Å². The number of carboxylic acid groups (broad SMARTS) is 2. The number of aromatic amines is 2. The molecule has 0 saturated heterocycles. The van der Waals surface area contributed by atoms with Gasteiger partial charge in [-0.25, -0.2) is 14.8 Å². The van der Waals surface area contributed by atoms with Crippen LogP contribution in [0.4, 0.5) is 0 Å². The van der Waals surface area contributed by atoms with Crippen molar-refractivity contribution in [1.29, 1.82) is 0 Å². The lowest BCUT2D eigenvalue weighted by molar-refractivity contribution is -0.143. The molecule has 4 atom stereocenters. The van der Waals surface area contributed by atoms with E-state index in [1.165, 1.54) is 25.0 Å². The number of thiol groups is 1. The SMILES string of the molecule is NC(Cc1cnc[nH]1)C(=O)NC(Cc1cnc[nH]1)C(=O)NC(CS)C(=O)NC(CCC(=O)O)C(=O)O. The van der Waals surface area contributed by atoms with E-state index in [1.807, 2.05) is 0 Å². The number of aliphatic carboxylic acids is 2. The Morgan fingerprint density at radius 1 is 0.861 bits per heavy atom. The van der Waals surface area contributed by atoms with Gasteiger partial charge in [0.15, 0.2) is 0 Å². The van der Waals surface area contributed by atoms with Crippen molar-refractivity contribution in [3.63, 3.8) is 0 Å². The number of H-pyrrole nitrogens is 2. The summed E-state index contributed by atoms with van der Waals surface area (Å²) in [7, 11) is 0. The summed E-state index contributed by atoms with van der Waals surface area (Å²) in [6.45, 7) is 0. The number of nitrogens with two attached hydrogens (primary N) is 1. The van der Waals surface area contributed by atoms with E-state index in [-0.39, 0.29) is 25.0 Å². The maximum absolute atomic E-state index is 13.0. The minimum atomic E-state index is -1.48. The fraction of sp³-hybridized carbons (Fsp3) is 0.450. The van der Waals surface area contributed by atoms with Crippen LogP contribution in [-0.4, -0.2) is 89.7 Å². The van der Waals surface area contributed by atoms with E-state index in [0.29, 0.717) is 11.4 Å². The molecule has 4 unspecified atom stereocenters. The Labute approximate surface area is 210 Å².